The van der Waals surface area contributed by atoms with Gasteiger partial charge in [0, 0.05) is 0 Å². The average Bonchev–Trinajstić information content (AvgIpc) is 2.83. The van der Waals surface area contributed by atoms with Gasteiger partial charge in [0.2, 0.25) is 0 Å². The molecule has 1 aliphatic carbocycles. The Kier molecular flexibility index (Phi) is 16.3. The summed E-state index contributed by atoms with van der Waals surface area (Å²) in [5.41, 5.74) is 6.93. The zero-order valence-electron chi connectivity index (χ0n) is 20.9. The maximum Gasteiger partial charge on any atom is -0.0159 e. The second-order valence-electron chi connectivity index (χ2n) is 8.36. The van der Waals surface area contributed by atoms with E-state index >= 15 is 0 Å². The number of rotatable bonds is 8. The van der Waals surface area contributed by atoms with Crippen LogP contribution >= 0.6 is 0 Å². The number of hydrogen-bond donors (Lipinski definition) is 0. The number of fused-ring (bicyclic) bond motifs is 1. The Morgan fingerprint density at radius 2 is 1.56 bits per heavy atom. The lowest BCUT2D eigenvalue weighted by Gasteiger charge is -2.27. The summed E-state index contributed by atoms with van der Waals surface area (Å²) < 4.78 is 0. The van der Waals surface area contributed by atoms with E-state index < -0.39 is 0 Å². The van der Waals surface area contributed by atoms with Gasteiger partial charge in [0.25, 0.3) is 0 Å². The molecule has 0 heterocycles. The van der Waals surface area contributed by atoms with Crippen LogP contribution in [0, 0.1) is 5.92 Å². The minimum Gasteiger partial charge on any atom is -0.0985 e. The zero-order chi connectivity index (χ0) is 23.1. The lowest BCUT2D eigenvalue weighted by molar-refractivity contribution is 0.539. The third-order valence-electron chi connectivity index (χ3n) is 6.15. The highest BCUT2D eigenvalue weighted by Crippen LogP contribution is 2.37. The molecule has 3 rings (SSSR count). The maximum absolute atomic E-state index is 4.29. The summed E-state index contributed by atoms with van der Waals surface area (Å²) in [6, 6.07) is 17.5. The summed E-state index contributed by atoms with van der Waals surface area (Å²) in [5.74, 6) is 1.49. The topological polar surface area (TPSA) is 0 Å². The Hall–Kier alpha value is -2.08. The Bertz CT molecular complexity index is 747. The van der Waals surface area contributed by atoms with Gasteiger partial charge in [-0.2, -0.15) is 0 Å². The largest absolute Gasteiger partial charge is 0.0985 e. The van der Waals surface area contributed by atoms with Crippen molar-refractivity contribution in [3.63, 3.8) is 0 Å². The van der Waals surface area contributed by atoms with Crippen LogP contribution in [-0.4, -0.2) is 0 Å². The van der Waals surface area contributed by atoms with E-state index in [1.54, 1.807) is 0 Å². The molecule has 1 aliphatic rings. The van der Waals surface area contributed by atoms with Crippen LogP contribution < -0.4 is 0 Å². The van der Waals surface area contributed by atoms with E-state index in [-0.39, 0.29) is 7.43 Å². The van der Waals surface area contributed by atoms with Gasteiger partial charge in [0.05, 0.1) is 0 Å². The van der Waals surface area contributed by atoms with E-state index in [2.05, 4.69) is 82.5 Å². The quantitative estimate of drug-likeness (QED) is 0.387. The third kappa shape index (κ3) is 9.19. The highest BCUT2D eigenvalue weighted by molar-refractivity contribution is 5.71. The molecule has 178 valence electrons. The van der Waals surface area contributed by atoms with Crippen LogP contribution in [0.2, 0.25) is 0 Å². The Labute approximate surface area is 200 Å². The summed E-state index contributed by atoms with van der Waals surface area (Å²) >= 11 is 0. The normalized spacial score (nSPS) is 14.2. The van der Waals surface area contributed by atoms with Crippen molar-refractivity contribution in [1.82, 2.24) is 0 Å². The summed E-state index contributed by atoms with van der Waals surface area (Å²) in [6.07, 6.45) is 12.2. The molecule has 0 saturated carbocycles. The van der Waals surface area contributed by atoms with E-state index in [4.69, 9.17) is 0 Å². The van der Waals surface area contributed by atoms with Gasteiger partial charge < -0.3 is 0 Å². The van der Waals surface area contributed by atoms with Crippen molar-refractivity contribution in [1.29, 1.82) is 0 Å². The first-order chi connectivity index (χ1) is 15.1. The minimum atomic E-state index is 0. The molecular formula is C32H50. The molecule has 0 fully saturated rings. The van der Waals surface area contributed by atoms with Crippen LogP contribution in [0.3, 0.4) is 0 Å². The van der Waals surface area contributed by atoms with Gasteiger partial charge in [-0.25, -0.2) is 0 Å². The van der Waals surface area contributed by atoms with E-state index in [1.807, 2.05) is 19.9 Å². The van der Waals surface area contributed by atoms with Gasteiger partial charge in [-0.05, 0) is 71.8 Å². The molecule has 0 amide bonds. The SMILES string of the molecule is C.C=Cc1ccc2c(c1)CCC(CCC)C2=C.CC.CCCC(CCC)c1ccccc1. The van der Waals surface area contributed by atoms with Crippen molar-refractivity contribution in [3.05, 3.63) is 83.9 Å². The van der Waals surface area contributed by atoms with E-state index in [0.717, 1.165) is 5.92 Å². The minimum absolute atomic E-state index is 0. The van der Waals surface area contributed by atoms with Crippen LogP contribution in [0.25, 0.3) is 11.6 Å². The molecule has 1 atom stereocenters. The highest BCUT2D eigenvalue weighted by Gasteiger charge is 2.21. The van der Waals surface area contributed by atoms with Crippen LogP contribution in [0.5, 0.6) is 0 Å². The maximum atomic E-state index is 4.29. The molecule has 0 spiro atoms. The lowest BCUT2D eigenvalue weighted by Crippen LogP contribution is -2.12. The number of hydrogen-bond acceptors (Lipinski definition) is 0. The van der Waals surface area contributed by atoms with Crippen molar-refractivity contribution in [2.45, 2.75) is 99.3 Å². The molecule has 0 bridgehead atoms. The molecule has 0 saturated heterocycles. The van der Waals surface area contributed by atoms with Crippen molar-refractivity contribution in [2.75, 3.05) is 0 Å². The van der Waals surface area contributed by atoms with Crippen molar-refractivity contribution in [3.8, 4) is 0 Å². The smallest absolute Gasteiger partial charge is 0.0159 e. The molecule has 0 heteroatoms. The van der Waals surface area contributed by atoms with E-state index in [9.17, 15) is 0 Å². The van der Waals surface area contributed by atoms with Gasteiger partial charge in [-0.1, -0.05) is 129 Å². The molecule has 0 aromatic heterocycles. The van der Waals surface area contributed by atoms with E-state index in [1.165, 1.54) is 79.2 Å². The molecule has 0 radical (unpaired) electrons. The van der Waals surface area contributed by atoms with Gasteiger partial charge in [-0.15, -0.1) is 0 Å². The fourth-order valence-corrected chi connectivity index (χ4v) is 4.55. The second kappa shape index (κ2) is 17.5. The summed E-state index contributed by atoms with van der Waals surface area (Å²) in [4.78, 5) is 0. The Balaban J connectivity index is 0.000000552. The summed E-state index contributed by atoms with van der Waals surface area (Å²) in [5, 5.41) is 0. The fourth-order valence-electron chi connectivity index (χ4n) is 4.55. The van der Waals surface area contributed by atoms with Crippen LogP contribution in [0.4, 0.5) is 0 Å². The number of benzene rings is 2. The van der Waals surface area contributed by atoms with Gasteiger partial charge in [-0.3, -0.25) is 0 Å². The summed E-state index contributed by atoms with van der Waals surface area (Å²) in [6.45, 7) is 18.9. The molecule has 32 heavy (non-hydrogen) atoms. The molecular weight excluding hydrogens is 384 g/mol. The van der Waals surface area contributed by atoms with Crippen LogP contribution in [-0.2, 0) is 6.42 Å². The molecule has 0 aliphatic heterocycles. The highest BCUT2D eigenvalue weighted by atomic mass is 14.3. The first kappa shape index (κ1) is 29.9. The first-order valence-electron chi connectivity index (χ1n) is 12.6. The van der Waals surface area contributed by atoms with E-state index in [0.29, 0.717) is 5.92 Å². The van der Waals surface area contributed by atoms with Crippen LogP contribution in [0.1, 0.15) is 115 Å². The monoisotopic (exact) mass is 434 g/mol. The van der Waals surface area contributed by atoms with Crippen molar-refractivity contribution in [2.24, 2.45) is 5.92 Å². The number of allylic oxidation sites excluding steroid dienone is 1. The predicted molar refractivity (Wildman–Crippen MR) is 149 cm³/mol. The molecule has 0 nitrogen and oxygen atoms in total. The average molecular weight is 435 g/mol. The molecule has 0 N–H and O–H groups in total. The van der Waals surface area contributed by atoms with Gasteiger partial charge >= 0.3 is 0 Å². The Morgan fingerprint density at radius 1 is 0.938 bits per heavy atom. The lowest BCUT2D eigenvalue weighted by atomic mass is 9.78. The van der Waals surface area contributed by atoms with Crippen LogP contribution in [0.15, 0.2) is 61.7 Å². The van der Waals surface area contributed by atoms with Gasteiger partial charge in [0.15, 0.2) is 0 Å². The molecule has 2 aromatic rings. The van der Waals surface area contributed by atoms with Crippen molar-refractivity contribution < 1.29 is 0 Å². The fraction of sp³-hybridized carbons (Fsp3) is 0.500. The standard InChI is InChI=1S/C16H20.C13H20.C2H6.CH4/c1-4-6-14-8-9-15-11-13(5-2)7-10-16(15)12(14)3;1-3-8-12(9-4-2)13-10-6-5-7-11-13;1-2;/h5,7,10-11,14H,2-4,6,8-9H2,1H3;5-7,10-12H,3-4,8-9H2,1-2H3;1-2H3;1H4. The number of aryl methyl sites for hydroxylation is 1. The molecule has 1 unspecified atom stereocenters. The summed E-state index contributed by atoms with van der Waals surface area (Å²) in [7, 11) is 0. The molecule has 2 aromatic carbocycles. The van der Waals surface area contributed by atoms with Gasteiger partial charge in [0.1, 0.15) is 0 Å². The Morgan fingerprint density at radius 3 is 2.09 bits per heavy atom. The second-order valence-corrected chi connectivity index (χ2v) is 8.36. The third-order valence-corrected chi connectivity index (χ3v) is 6.15. The van der Waals surface area contributed by atoms with Crippen molar-refractivity contribution >= 4 is 11.6 Å². The first-order valence-corrected chi connectivity index (χ1v) is 12.6. The predicted octanol–water partition coefficient (Wildman–Crippen LogP) is 10.7. The zero-order valence-corrected chi connectivity index (χ0v) is 20.9.